The molecule has 6 nitrogen and oxygen atoms in total. The smallest absolute Gasteiger partial charge is 0.416 e. The van der Waals surface area contributed by atoms with E-state index in [9.17, 15) is 18.0 Å². The summed E-state index contributed by atoms with van der Waals surface area (Å²) >= 11 is 0. The quantitative estimate of drug-likeness (QED) is 0.511. The summed E-state index contributed by atoms with van der Waals surface area (Å²) in [5, 5.41) is 0. The fourth-order valence-electron chi connectivity index (χ4n) is 4.00. The van der Waals surface area contributed by atoms with Gasteiger partial charge in [-0.25, -0.2) is 4.98 Å². The Bertz CT molecular complexity index is 1310. The molecule has 0 amide bonds. The lowest BCUT2D eigenvalue weighted by molar-refractivity contribution is -0.137. The molecule has 0 aliphatic carbocycles. The predicted molar refractivity (Wildman–Crippen MR) is 111 cm³/mol. The molecule has 32 heavy (non-hydrogen) atoms. The van der Waals surface area contributed by atoms with Gasteiger partial charge in [0.2, 0.25) is 0 Å². The Kier molecular flexibility index (Phi) is 4.97. The number of aromatic amines is 1. The number of hydrogen-bond acceptors (Lipinski definition) is 4. The SMILES string of the molecule is O=c1[nH]c(-c2ccco2)nc2c1CN(Cc1cccn1-c1cccc(C(F)(F)F)c1)CC2. The molecule has 0 saturated heterocycles. The Hall–Kier alpha value is -3.59. The first-order chi connectivity index (χ1) is 15.4. The van der Waals surface area contributed by atoms with Crippen molar-refractivity contribution in [1.29, 1.82) is 0 Å². The summed E-state index contributed by atoms with van der Waals surface area (Å²) in [5.74, 6) is 0.914. The van der Waals surface area contributed by atoms with Crippen LogP contribution in [0, 0.1) is 0 Å². The van der Waals surface area contributed by atoms with E-state index in [1.165, 1.54) is 12.3 Å². The van der Waals surface area contributed by atoms with E-state index in [-0.39, 0.29) is 5.56 Å². The zero-order valence-electron chi connectivity index (χ0n) is 16.9. The number of fused-ring (bicyclic) bond motifs is 1. The van der Waals surface area contributed by atoms with E-state index in [0.29, 0.717) is 48.9 Å². The van der Waals surface area contributed by atoms with Crippen LogP contribution in [0.3, 0.4) is 0 Å². The summed E-state index contributed by atoms with van der Waals surface area (Å²) in [7, 11) is 0. The molecule has 0 bridgehead atoms. The Morgan fingerprint density at radius 2 is 2.00 bits per heavy atom. The maximum absolute atomic E-state index is 13.1. The molecule has 5 rings (SSSR count). The van der Waals surface area contributed by atoms with Crippen molar-refractivity contribution in [1.82, 2.24) is 19.4 Å². The lowest BCUT2D eigenvalue weighted by Gasteiger charge is -2.28. The summed E-state index contributed by atoms with van der Waals surface area (Å²) in [5.41, 5.74) is 1.73. The van der Waals surface area contributed by atoms with Crippen molar-refractivity contribution < 1.29 is 17.6 Å². The highest BCUT2D eigenvalue weighted by Crippen LogP contribution is 2.31. The van der Waals surface area contributed by atoms with Crippen LogP contribution in [0.15, 0.2) is 70.2 Å². The van der Waals surface area contributed by atoms with E-state index in [2.05, 4.69) is 14.9 Å². The van der Waals surface area contributed by atoms with Gasteiger partial charge in [-0.2, -0.15) is 13.2 Å². The second-order valence-electron chi connectivity index (χ2n) is 7.70. The number of nitrogens with zero attached hydrogens (tertiary/aromatic N) is 3. The van der Waals surface area contributed by atoms with Crippen LogP contribution in [-0.2, 0) is 25.7 Å². The minimum atomic E-state index is -4.40. The van der Waals surface area contributed by atoms with E-state index in [4.69, 9.17) is 4.42 Å². The van der Waals surface area contributed by atoms with Crippen molar-refractivity contribution in [3.8, 4) is 17.3 Å². The predicted octanol–water partition coefficient (Wildman–Crippen LogP) is 4.40. The third-order valence-electron chi connectivity index (χ3n) is 5.57. The Morgan fingerprint density at radius 3 is 2.78 bits per heavy atom. The van der Waals surface area contributed by atoms with E-state index >= 15 is 0 Å². The molecular formula is C23H19F3N4O2. The van der Waals surface area contributed by atoms with Gasteiger partial charge in [0, 0.05) is 43.6 Å². The second-order valence-corrected chi connectivity index (χ2v) is 7.70. The Balaban J connectivity index is 1.38. The van der Waals surface area contributed by atoms with Crippen molar-refractivity contribution in [3.05, 3.63) is 93.9 Å². The van der Waals surface area contributed by atoms with Crippen LogP contribution >= 0.6 is 0 Å². The monoisotopic (exact) mass is 440 g/mol. The van der Waals surface area contributed by atoms with Crippen molar-refractivity contribution >= 4 is 0 Å². The number of rotatable bonds is 4. The Labute approximate surface area is 180 Å². The van der Waals surface area contributed by atoms with Gasteiger partial charge in [0.15, 0.2) is 11.6 Å². The normalized spacial score (nSPS) is 14.5. The number of aromatic nitrogens is 3. The summed E-state index contributed by atoms with van der Waals surface area (Å²) in [4.78, 5) is 22.1. The molecule has 1 aliphatic rings. The van der Waals surface area contributed by atoms with Gasteiger partial charge in [-0.1, -0.05) is 6.07 Å². The molecule has 0 spiro atoms. The van der Waals surface area contributed by atoms with Crippen molar-refractivity contribution in [2.75, 3.05) is 6.54 Å². The highest BCUT2D eigenvalue weighted by Gasteiger charge is 2.30. The number of hydrogen-bond donors (Lipinski definition) is 1. The second kappa shape index (κ2) is 7.83. The zero-order valence-corrected chi connectivity index (χ0v) is 16.9. The van der Waals surface area contributed by atoms with Gasteiger partial charge < -0.3 is 14.0 Å². The fourth-order valence-corrected chi connectivity index (χ4v) is 4.00. The molecule has 0 atom stereocenters. The van der Waals surface area contributed by atoms with Crippen LogP contribution in [0.4, 0.5) is 13.2 Å². The standard InChI is InChI=1S/C23H19F3N4O2/c24-23(25,26)15-4-1-5-16(12-15)30-9-2-6-17(30)13-29-10-8-19-18(14-29)22(31)28-21(27-19)20-7-3-11-32-20/h1-7,9,11-12H,8,10,13-14H2,(H,27,28,31). The van der Waals surface area contributed by atoms with E-state index in [0.717, 1.165) is 23.5 Å². The molecule has 0 saturated carbocycles. The highest BCUT2D eigenvalue weighted by molar-refractivity contribution is 5.47. The van der Waals surface area contributed by atoms with E-state index in [1.807, 2.05) is 6.07 Å². The van der Waals surface area contributed by atoms with Gasteiger partial charge in [-0.3, -0.25) is 9.69 Å². The molecule has 0 radical (unpaired) electrons. The summed E-state index contributed by atoms with van der Waals surface area (Å²) in [6.45, 7) is 1.57. The van der Waals surface area contributed by atoms with Gasteiger partial charge >= 0.3 is 6.18 Å². The van der Waals surface area contributed by atoms with Gasteiger partial charge in [-0.05, 0) is 42.5 Å². The summed E-state index contributed by atoms with van der Waals surface area (Å²) in [6, 6.07) is 12.4. The van der Waals surface area contributed by atoms with Crippen LogP contribution in [-0.4, -0.2) is 26.0 Å². The third kappa shape index (κ3) is 3.87. The van der Waals surface area contributed by atoms with Crippen LogP contribution < -0.4 is 5.56 Å². The molecule has 164 valence electrons. The van der Waals surface area contributed by atoms with Gasteiger partial charge in [-0.15, -0.1) is 0 Å². The molecule has 1 N–H and O–H groups in total. The van der Waals surface area contributed by atoms with Gasteiger partial charge in [0.05, 0.1) is 23.1 Å². The van der Waals surface area contributed by atoms with Crippen molar-refractivity contribution in [3.63, 3.8) is 0 Å². The number of nitrogens with one attached hydrogen (secondary N) is 1. The number of alkyl halides is 3. The fraction of sp³-hybridized carbons (Fsp3) is 0.217. The van der Waals surface area contributed by atoms with Gasteiger partial charge in [0.1, 0.15) is 0 Å². The van der Waals surface area contributed by atoms with Crippen molar-refractivity contribution in [2.45, 2.75) is 25.7 Å². The number of furan rings is 1. The molecule has 9 heteroatoms. The minimum Gasteiger partial charge on any atom is -0.461 e. The maximum Gasteiger partial charge on any atom is 0.416 e. The van der Waals surface area contributed by atoms with Crippen LogP contribution in [0.2, 0.25) is 0 Å². The summed E-state index contributed by atoms with van der Waals surface area (Å²) < 4.78 is 46.4. The zero-order chi connectivity index (χ0) is 22.3. The highest BCUT2D eigenvalue weighted by atomic mass is 19.4. The molecule has 0 unspecified atom stereocenters. The molecule has 4 aromatic rings. The van der Waals surface area contributed by atoms with E-state index in [1.54, 1.807) is 35.0 Å². The molecule has 4 heterocycles. The number of halogens is 3. The molecular weight excluding hydrogens is 421 g/mol. The number of benzene rings is 1. The van der Waals surface area contributed by atoms with Crippen LogP contribution in [0.5, 0.6) is 0 Å². The number of H-pyrrole nitrogens is 1. The average molecular weight is 440 g/mol. The lowest BCUT2D eigenvalue weighted by Crippen LogP contribution is -2.35. The first-order valence-corrected chi connectivity index (χ1v) is 10.1. The molecule has 1 aliphatic heterocycles. The van der Waals surface area contributed by atoms with Crippen LogP contribution in [0.25, 0.3) is 17.3 Å². The molecule has 0 fully saturated rings. The first kappa shape index (κ1) is 20.3. The van der Waals surface area contributed by atoms with Crippen LogP contribution in [0.1, 0.15) is 22.5 Å². The van der Waals surface area contributed by atoms with E-state index < -0.39 is 11.7 Å². The topological polar surface area (TPSA) is 67.1 Å². The summed E-state index contributed by atoms with van der Waals surface area (Å²) in [6.07, 6.45) is -0.539. The lowest BCUT2D eigenvalue weighted by atomic mass is 10.1. The average Bonchev–Trinajstić information content (AvgIpc) is 3.46. The third-order valence-corrected chi connectivity index (χ3v) is 5.57. The Morgan fingerprint density at radius 1 is 1.12 bits per heavy atom. The van der Waals surface area contributed by atoms with Gasteiger partial charge in [0.25, 0.3) is 5.56 Å². The first-order valence-electron chi connectivity index (χ1n) is 10.1. The maximum atomic E-state index is 13.1. The van der Waals surface area contributed by atoms with Crippen molar-refractivity contribution in [2.24, 2.45) is 0 Å². The minimum absolute atomic E-state index is 0.209. The largest absolute Gasteiger partial charge is 0.461 e. The molecule has 1 aromatic carbocycles. The molecule has 3 aromatic heterocycles.